The van der Waals surface area contributed by atoms with Crippen LogP contribution in [0, 0.1) is 18.3 Å². The molecule has 170 valence electrons. The van der Waals surface area contributed by atoms with Gasteiger partial charge in [-0.3, -0.25) is 9.36 Å². The van der Waals surface area contributed by atoms with Crippen molar-refractivity contribution < 1.29 is 9.13 Å². The van der Waals surface area contributed by atoms with Gasteiger partial charge in [0.05, 0.1) is 18.4 Å². The van der Waals surface area contributed by atoms with E-state index in [9.17, 15) is 9.18 Å². The van der Waals surface area contributed by atoms with Gasteiger partial charge in [-0.1, -0.05) is 32.0 Å². The lowest BCUT2D eigenvalue weighted by molar-refractivity contribution is 0.386. The smallest absolute Gasteiger partial charge is 0.269 e. The number of benzene rings is 1. The van der Waals surface area contributed by atoms with Crippen molar-refractivity contribution in [1.29, 1.82) is 0 Å². The van der Waals surface area contributed by atoms with Crippen LogP contribution in [-0.4, -0.2) is 34.7 Å². The van der Waals surface area contributed by atoms with E-state index in [1.165, 1.54) is 30.0 Å². The van der Waals surface area contributed by atoms with Crippen LogP contribution in [0.1, 0.15) is 26.2 Å². The minimum absolute atomic E-state index is 0.101. The van der Waals surface area contributed by atoms with Crippen molar-refractivity contribution in [1.82, 2.24) is 14.5 Å². The molecular weight excluding hydrogens is 421 g/mol. The van der Waals surface area contributed by atoms with Crippen LogP contribution < -0.4 is 15.2 Å². The lowest BCUT2D eigenvalue weighted by Crippen LogP contribution is -2.38. The number of pyridine rings is 1. The van der Waals surface area contributed by atoms with E-state index in [0.717, 1.165) is 32.4 Å². The number of hydrogen-bond donors (Lipinski definition) is 0. The fourth-order valence-corrected chi connectivity index (χ4v) is 4.30. The SMILES string of the molecule is [C-]#[N+]c1ccc(-c2nc(N3CCC(CC)CC3)n(C)c(=O)c2-c2ccc(OC)c(F)c2)cn1. The predicted molar refractivity (Wildman–Crippen MR) is 126 cm³/mol. The predicted octanol–water partition coefficient (Wildman–Crippen LogP) is 4.83. The molecule has 8 heteroatoms. The quantitative estimate of drug-likeness (QED) is 0.524. The third-order valence-electron chi connectivity index (χ3n) is 6.32. The highest BCUT2D eigenvalue weighted by Gasteiger charge is 2.25. The highest BCUT2D eigenvalue weighted by atomic mass is 19.1. The molecular formula is C25H26FN5O2. The molecule has 0 amide bonds. The molecule has 0 atom stereocenters. The number of halogens is 1. The van der Waals surface area contributed by atoms with Gasteiger partial charge in [0.2, 0.25) is 5.95 Å². The molecule has 1 fully saturated rings. The summed E-state index contributed by atoms with van der Waals surface area (Å²) < 4.78 is 21.1. The first kappa shape index (κ1) is 22.5. The molecule has 4 rings (SSSR count). The molecule has 1 aliphatic heterocycles. The van der Waals surface area contributed by atoms with Gasteiger partial charge in [-0.05, 0) is 42.5 Å². The Morgan fingerprint density at radius 1 is 1.21 bits per heavy atom. The topological polar surface area (TPSA) is 64.6 Å². The Hall–Kier alpha value is -3.73. The number of piperidine rings is 1. The second-order valence-electron chi connectivity index (χ2n) is 8.20. The van der Waals surface area contributed by atoms with Crippen LogP contribution in [0.2, 0.25) is 0 Å². The van der Waals surface area contributed by atoms with E-state index in [1.54, 1.807) is 25.2 Å². The van der Waals surface area contributed by atoms with Crippen LogP contribution >= 0.6 is 0 Å². The molecule has 0 saturated carbocycles. The van der Waals surface area contributed by atoms with Gasteiger partial charge in [0.15, 0.2) is 11.6 Å². The number of aromatic nitrogens is 3. The number of rotatable bonds is 5. The summed E-state index contributed by atoms with van der Waals surface area (Å²) in [6, 6.07) is 7.74. The molecule has 3 heterocycles. The average Bonchev–Trinajstić information content (AvgIpc) is 2.85. The number of nitrogens with zero attached hydrogens (tertiary/aromatic N) is 5. The molecule has 0 spiro atoms. The van der Waals surface area contributed by atoms with Crippen molar-refractivity contribution in [3.05, 3.63) is 64.1 Å². The van der Waals surface area contributed by atoms with Gasteiger partial charge in [-0.2, -0.15) is 0 Å². The molecule has 0 unspecified atom stereocenters. The van der Waals surface area contributed by atoms with Gasteiger partial charge in [-0.25, -0.2) is 9.37 Å². The molecule has 1 aliphatic rings. The zero-order valence-corrected chi connectivity index (χ0v) is 19.0. The van der Waals surface area contributed by atoms with E-state index >= 15 is 0 Å². The van der Waals surface area contributed by atoms with Crippen molar-refractivity contribution >= 4 is 11.8 Å². The molecule has 0 bridgehead atoms. The fourth-order valence-electron chi connectivity index (χ4n) is 4.30. The first-order valence-electron chi connectivity index (χ1n) is 11.0. The highest BCUT2D eigenvalue weighted by Crippen LogP contribution is 2.33. The second kappa shape index (κ2) is 9.41. The normalized spacial score (nSPS) is 14.2. The van der Waals surface area contributed by atoms with Gasteiger partial charge < -0.3 is 14.5 Å². The van der Waals surface area contributed by atoms with Crippen LogP contribution in [-0.2, 0) is 7.05 Å². The van der Waals surface area contributed by atoms with E-state index in [0.29, 0.717) is 28.7 Å². The lowest BCUT2D eigenvalue weighted by atomic mass is 9.94. The van der Waals surface area contributed by atoms with E-state index in [1.807, 2.05) is 0 Å². The number of anilines is 1. The van der Waals surface area contributed by atoms with Crippen LogP contribution in [0.5, 0.6) is 5.75 Å². The Morgan fingerprint density at radius 3 is 2.52 bits per heavy atom. The van der Waals surface area contributed by atoms with E-state index in [4.69, 9.17) is 16.3 Å². The zero-order valence-electron chi connectivity index (χ0n) is 19.0. The largest absolute Gasteiger partial charge is 0.494 e. The van der Waals surface area contributed by atoms with Crippen LogP contribution in [0.4, 0.5) is 16.2 Å². The monoisotopic (exact) mass is 447 g/mol. The Bertz CT molecular complexity index is 1260. The first-order chi connectivity index (χ1) is 16.0. The van der Waals surface area contributed by atoms with Crippen molar-refractivity contribution in [2.75, 3.05) is 25.1 Å². The van der Waals surface area contributed by atoms with Crippen molar-refractivity contribution in [3.63, 3.8) is 0 Å². The molecule has 0 radical (unpaired) electrons. The summed E-state index contributed by atoms with van der Waals surface area (Å²) in [5, 5.41) is 0. The van der Waals surface area contributed by atoms with Crippen LogP contribution in [0.3, 0.4) is 0 Å². The molecule has 33 heavy (non-hydrogen) atoms. The van der Waals surface area contributed by atoms with Gasteiger partial charge in [0.25, 0.3) is 11.4 Å². The van der Waals surface area contributed by atoms with Crippen LogP contribution in [0.15, 0.2) is 41.3 Å². The summed E-state index contributed by atoms with van der Waals surface area (Å²) in [7, 11) is 3.09. The Morgan fingerprint density at radius 2 is 1.94 bits per heavy atom. The third-order valence-corrected chi connectivity index (χ3v) is 6.32. The summed E-state index contributed by atoms with van der Waals surface area (Å²) in [5.74, 6) is 1.06. The number of methoxy groups -OCH3 is 1. The summed E-state index contributed by atoms with van der Waals surface area (Å²) in [6.45, 7) is 11.0. The average molecular weight is 448 g/mol. The molecule has 1 saturated heterocycles. The molecule has 2 aromatic heterocycles. The minimum Gasteiger partial charge on any atom is -0.494 e. The summed E-state index contributed by atoms with van der Waals surface area (Å²) in [6.07, 6.45) is 4.78. The van der Waals surface area contributed by atoms with E-state index in [-0.39, 0.29) is 22.7 Å². The fraction of sp³-hybridized carbons (Fsp3) is 0.360. The maximum atomic E-state index is 14.5. The maximum absolute atomic E-state index is 14.5. The Labute approximate surface area is 192 Å². The summed E-state index contributed by atoms with van der Waals surface area (Å²) in [5.41, 5.74) is 1.42. The van der Waals surface area contributed by atoms with Gasteiger partial charge in [0.1, 0.15) is 6.20 Å². The van der Waals surface area contributed by atoms with Crippen molar-refractivity contribution in [2.24, 2.45) is 13.0 Å². The van der Waals surface area contributed by atoms with Crippen molar-refractivity contribution in [3.8, 4) is 28.1 Å². The highest BCUT2D eigenvalue weighted by molar-refractivity contribution is 5.81. The molecule has 0 N–H and O–H groups in total. The summed E-state index contributed by atoms with van der Waals surface area (Å²) >= 11 is 0. The summed E-state index contributed by atoms with van der Waals surface area (Å²) in [4.78, 5) is 28.1. The third kappa shape index (κ3) is 4.31. The number of ether oxygens (including phenoxy) is 1. The second-order valence-corrected chi connectivity index (χ2v) is 8.20. The minimum atomic E-state index is -0.560. The van der Waals surface area contributed by atoms with Gasteiger partial charge in [-0.15, -0.1) is 4.98 Å². The molecule has 0 aliphatic carbocycles. The number of hydrogen-bond acceptors (Lipinski definition) is 5. The standard InChI is InChI=1S/C25H26FN5O2/c1-5-16-10-12-31(13-11-16)25-29-23(18-7-9-21(27-2)28-15-18)22(24(32)30(25)3)17-6-8-20(33-4)19(26)14-17/h6-9,14-16H,5,10-13H2,1,3-4H3. The van der Waals surface area contributed by atoms with Gasteiger partial charge >= 0.3 is 0 Å². The molecule has 3 aromatic rings. The molecule has 7 nitrogen and oxygen atoms in total. The Balaban J connectivity index is 1.90. The zero-order chi connectivity index (χ0) is 23.5. The van der Waals surface area contributed by atoms with Gasteiger partial charge in [0, 0.05) is 25.7 Å². The van der Waals surface area contributed by atoms with E-state index < -0.39 is 5.82 Å². The lowest BCUT2D eigenvalue weighted by Gasteiger charge is -2.33. The van der Waals surface area contributed by atoms with Crippen LogP contribution in [0.25, 0.3) is 27.2 Å². The Kier molecular flexibility index (Phi) is 6.40. The van der Waals surface area contributed by atoms with E-state index in [2.05, 4.69) is 21.7 Å². The maximum Gasteiger partial charge on any atom is 0.269 e. The van der Waals surface area contributed by atoms with Crippen molar-refractivity contribution in [2.45, 2.75) is 26.2 Å². The first-order valence-corrected chi connectivity index (χ1v) is 11.0. The molecule has 1 aromatic carbocycles.